The lowest BCUT2D eigenvalue weighted by atomic mass is 10.0. The van der Waals surface area contributed by atoms with Crippen LogP contribution in [-0.2, 0) is 0 Å². The van der Waals surface area contributed by atoms with Crippen LogP contribution in [0.15, 0.2) is 18.5 Å². The van der Waals surface area contributed by atoms with Gasteiger partial charge in [0.2, 0.25) is 5.95 Å². The molecule has 1 aliphatic rings. The van der Waals surface area contributed by atoms with Crippen LogP contribution in [-0.4, -0.2) is 21.0 Å². The third kappa shape index (κ3) is 3.51. The summed E-state index contributed by atoms with van der Waals surface area (Å²) in [5, 5.41) is 3.20. The van der Waals surface area contributed by atoms with E-state index in [-0.39, 0.29) is 11.7 Å². The lowest BCUT2D eigenvalue weighted by molar-refractivity contribution is 0.470. The average Bonchev–Trinajstić information content (AvgIpc) is 3.33. The first kappa shape index (κ1) is 15.1. The van der Waals surface area contributed by atoms with Crippen LogP contribution >= 0.6 is 0 Å². The second-order valence-corrected chi connectivity index (χ2v) is 5.87. The summed E-state index contributed by atoms with van der Waals surface area (Å²) in [6, 6.07) is 2.19. The van der Waals surface area contributed by atoms with E-state index in [1.165, 1.54) is 0 Å². The molecule has 2 aromatic rings. The molecule has 3 rings (SSSR count). The number of anilines is 2. The summed E-state index contributed by atoms with van der Waals surface area (Å²) in [5.41, 5.74) is 7.45. The van der Waals surface area contributed by atoms with Crippen molar-refractivity contribution in [2.45, 2.75) is 38.6 Å². The van der Waals surface area contributed by atoms with Gasteiger partial charge in [0.1, 0.15) is 11.4 Å². The molecule has 2 heterocycles. The predicted octanol–water partition coefficient (Wildman–Crippen LogP) is 2.93. The first-order valence-corrected chi connectivity index (χ1v) is 7.60. The monoisotopic (exact) mass is 309 g/mol. The quantitative estimate of drug-likeness (QED) is 0.826. The molecule has 0 amide bonds. The van der Waals surface area contributed by atoms with Gasteiger partial charge in [0.25, 0.3) is 0 Å². The van der Waals surface area contributed by atoms with Gasteiger partial charge in [0.05, 0.1) is 6.20 Å². The van der Waals surface area contributed by atoms with Gasteiger partial charge in [-0.2, -0.15) is 4.98 Å². The van der Waals surface area contributed by atoms with Crippen molar-refractivity contribution in [3.63, 3.8) is 0 Å². The van der Waals surface area contributed by atoms with Gasteiger partial charge in [0.15, 0.2) is 11.6 Å². The number of rotatable bonds is 5. The Labute approximate surface area is 135 Å². The fourth-order valence-electron chi connectivity index (χ4n) is 2.11. The molecule has 1 saturated carbocycles. The molecule has 0 spiro atoms. The summed E-state index contributed by atoms with van der Waals surface area (Å²) in [6.07, 6.45) is 11.0. The molecule has 23 heavy (non-hydrogen) atoms. The van der Waals surface area contributed by atoms with E-state index in [1.807, 2.05) is 0 Å². The molecule has 1 aliphatic carbocycles. The minimum absolute atomic E-state index is 0.238. The van der Waals surface area contributed by atoms with Crippen LogP contribution < -0.4 is 15.8 Å². The highest BCUT2D eigenvalue weighted by molar-refractivity contribution is 5.52. The van der Waals surface area contributed by atoms with Gasteiger partial charge in [-0.25, -0.2) is 9.97 Å². The van der Waals surface area contributed by atoms with Gasteiger partial charge in [-0.3, -0.25) is 0 Å². The molecular formula is C17H19N5O. The fourth-order valence-corrected chi connectivity index (χ4v) is 2.11. The van der Waals surface area contributed by atoms with Gasteiger partial charge in [-0.15, -0.1) is 6.42 Å². The van der Waals surface area contributed by atoms with E-state index < -0.39 is 0 Å². The third-order valence-corrected chi connectivity index (χ3v) is 3.58. The van der Waals surface area contributed by atoms with Crippen molar-refractivity contribution in [2.75, 3.05) is 11.1 Å². The molecular weight excluding hydrogens is 290 g/mol. The first-order valence-electron chi connectivity index (χ1n) is 7.60. The van der Waals surface area contributed by atoms with Crippen LogP contribution in [0.1, 0.15) is 43.9 Å². The third-order valence-electron chi connectivity index (χ3n) is 3.58. The Balaban J connectivity index is 1.87. The topological polar surface area (TPSA) is 86.0 Å². The minimum atomic E-state index is 0.238. The van der Waals surface area contributed by atoms with Crippen molar-refractivity contribution in [3.05, 3.63) is 29.7 Å². The molecule has 0 bridgehead atoms. The van der Waals surface area contributed by atoms with Crippen LogP contribution in [0.2, 0.25) is 0 Å². The molecule has 0 atom stereocenters. The highest BCUT2D eigenvalue weighted by atomic mass is 16.5. The molecule has 2 aromatic heterocycles. The van der Waals surface area contributed by atoms with E-state index in [2.05, 4.69) is 40.0 Å². The Morgan fingerprint density at radius 1 is 1.30 bits per heavy atom. The SMILES string of the molecule is C#Cc1cc(Oc2cnc(NC3CC3)nc2N)c(C(C)C)cn1. The number of nitrogens with one attached hydrogen (secondary N) is 1. The molecule has 0 aromatic carbocycles. The molecule has 0 unspecified atom stereocenters. The van der Waals surface area contributed by atoms with Crippen molar-refractivity contribution in [1.29, 1.82) is 0 Å². The molecule has 1 fully saturated rings. The van der Waals surface area contributed by atoms with Crippen molar-refractivity contribution >= 4 is 11.8 Å². The van der Waals surface area contributed by atoms with E-state index in [0.717, 1.165) is 18.4 Å². The Hall–Kier alpha value is -2.81. The number of terminal acetylenes is 1. The van der Waals surface area contributed by atoms with Gasteiger partial charge < -0.3 is 15.8 Å². The molecule has 0 aliphatic heterocycles. The summed E-state index contributed by atoms with van der Waals surface area (Å²) >= 11 is 0. The zero-order chi connectivity index (χ0) is 16.4. The van der Waals surface area contributed by atoms with Crippen molar-refractivity contribution < 1.29 is 4.74 Å². The fraction of sp³-hybridized carbons (Fsp3) is 0.353. The summed E-state index contributed by atoms with van der Waals surface area (Å²) in [4.78, 5) is 12.7. The zero-order valence-electron chi connectivity index (χ0n) is 13.2. The van der Waals surface area contributed by atoms with E-state index >= 15 is 0 Å². The van der Waals surface area contributed by atoms with E-state index in [4.69, 9.17) is 16.9 Å². The molecule has 0 saturated heterocycles. The van der Waals surface area contributed by atoms with Crippen LogP contribution in [0.5, 0.6) is 11.5 Å². The van der Waals surface area contributed by atoms with Crippen molar-refractivity contribution in [3.8, 4) is 23.8 Å². The minimum Gasteiger partial charge on any atom is -0.451 e. The maximum atomic E-state index is 5.99. The van der Waals surface area contributed by atoms with Gasteiger partial charge in [0, 0.05) is 23.9 Å². The number of nitrogen functional groups attached to an aromatic ring is 1. The van der Waals surface area contributed by atoms with Crippen molar-refractivity contribution in [2.24, 2.45) is 0 Å². The van der Waals surface area contributed by atoms with Gasteiger partial charge >= 0.3 is 0 Å². The Morgan fingerprint density at radius 2 is 2.09 bits per heavy atom. The lowest BCUT2D eigenvalue weighted by Gasteiger charge is -2.14. The van der Waals surface area contributed by atoms with E-state index in [1.54, 1.807) is 18.5 Å². The number of hydrogen-bond donors (Lipinski definition) is 2. The summed E-state index contributed by atoms with van der Waals surface area (Å²) in [7, 11) is 0. The number of aromatic nitrogens is 3. The van der Waals surface area contributed by atoms with Crippen molar-refractivity contribution in [1.82, 2.24) is 15.0 Å². The van der Waals surface area contributed by atoms with Crippen LogP contribution in [0.25, 0.3) is 0 Å². The highest BCUT2D eigenvalue weighted by Crippen LogP contribution is 2.33. The maximum Gasteiger partial charge on any atom is 0.225 e. The number of hydrogen-bond acceptors (Lipinski definition) is 6. The Bertz CT molecular complexity index is 762. The van der Waals surface area contributed by atoms with Gasteiger partial charge in [-0.1, -0.05) is 19.8 Å². The second-order valence-electron chi connectivity index (χ2n) is 5.87. The molecule has 6 nitrogen and oxygen atoms in total. The number of nitrogens with two attached hydrogens (primary N) is 1. The Kier molecular flexibility index (Phi) is 4.02. The number of ether oxygens (including phenoxy) is 1. The largest absolute Gasteiger partial charge is 0.451 e. The standard InChI is InChI=1S/C17H19N5O/c1-4-11-7-14(13(8-19-11)10(2)3)23-15-9-20-17(22-16(15)18)21-12-5-6-12/h1,7-10,12H,5-6H2,2-3H3,(H3,18,20,21,22). The average molecular weight is 309 g/mol. The highest BCUT2D eigenvalue weighted by Gasteiger charge is 2.22. The van der Waals surface area contributed by atoms with E-state index in [0.29, 0.717) is 29.2 Å². The van der Waals surface area contributed by atoms with Crippen LogP contribution in [0, 0.1) is 12.3 Å². The smallest absolute Gasteiger partial charge is 0.225 e. The van der Waals surface area contributed by atoms with Crippen LogP contribution in [0.4, 0.5) is 11.8 Å². The maximum absolute atomic E-state index is 5.99. The normalized spacial score (nSPS) is 13.7. The number of nitrogens with zero attached hydrogens (tertiary/aromatic N) is 3. The molecule has 0 radical (unpaired) electrons. The zero-order valence-corrected chi connectivity index (χ0v) is 13.2. The molecule has 118 valence electrons. The van der Waals surface area contributed by atoms with Gasteiger partial charge in [-0.05, 0) is 18.8 Å². The second kappa shape index (κ2) is 6.13. The number of pyridine rings is 1. The summed E-state index contributed by atoms with van der Waals surface area (Å²) < 4.78 is 5.91. The molecule has 6 heteroatoms. The van der Waals surface area contributed by atoms with Crippen LogP contribution in [0.3, 0.4) is 0 Å². The summed E-state index contributed by atoms with van der Waals surface area (Å²) in [6.45, 7) is 4.11. The molecule has 3 N–H and O–H groups in total. The Morgan fingerprint density at radius 3 is 2.70 bits per heavy atom. The predicted molar refractivity (Wildman–Crippen MR) is 89.4 cm³/mol. The van der Waals surface area contributed by atoms with E-state index in [9.17, 15) is 0 Å². The lowest BCUT2D eigenvalue weighted by Crippen LogP contribution is -2.08. The summed E-state index contributed by atoms with van der Waals surface area (Å²) in [5.74, 6) is 4.59. The first-order chi connectivity index (χ1) is 11.1.